The Morgan fingerprint density at radius 1 is 1.18 bits per heavy atom. The number of hydrogen-bond acceptors (Lipinski definition) is 3. The Balaban J connectivity index is 1.91. The SMILES string of the molecule is Cc1[nH]nc(-c2nc3cc4c(cc3[nH]2)C(C)(C)C(=O)N4)c1C. The van der Waals surface area contributed by atoms with Gasteiger partial charge in [0.1, 0.15) is 5.69 Å². The first-order valence-corrected chi connectivity index (χ1v) is 7.25. The quantitative estimate of drug-likeness (QED) is 0.645. The third kappa shape index (κ3) is 1.57. The van der Waals surface area contributed by atoms with Crippen LogP contribution in [0.2, 0.25) is 0 Å². The number of fused-ring (bicyclic) bond motifs is 2. The summed E-state index contributed by atoms with van der Waals surface area (Å²) in [6.07, 6.45) is 0. The first-order chi connectivity index (χ1) is 10.4. The summed E-state index contributed by atoms with van der Waals surface area (Å²) in [5.74, 6) is 0.763. The molecule has 0 aliphatic carbocycles. The van der Waals surface area contributed by atoms with Crippen molar-refractivity contribution in [2.24, 2.45) is 0 Å². The normalized spacial score (nSPS) is 16.1. The molecule has 3 aromatic rings. The topological polar surface area (TPSA) is 86.5 Å². The average molecular weight is 295 g/mol. The molecule has 22 heavy (non-hydrogen) atoms. The van der Waals surface area contributed by atoms with Gasteiger partial charge in [-0.2, -0.15) is 5.10 Å². The van der Waals surface area contributed by atoms with Gasteiger partial charge >= 0.3 is 0 Å². The van der Waals surface area contributed by atoms with Gasteiger partial charge in [-0.25, -0.2) is 4.98 Å². The molecule has 3 heterocycles. The van der Waals surface area contributed by atoms with Crippen LogP contribution in [0.5, 0.6) is 0 Å². The van der Waals surface area contributed by atoms with Gasteiger partial charge in [-0.15, -0.1) is 0 Å². The molecule has 1 aliphatic rings. The maximum Gasteiger partial charge on any atom is 0.234 e. The van der Waals surface area contributed by atoms with E-state index in [-0.39, 0.29) is 5.91 Å². The number of amides is 1. The van der Waals surface area contributed by atoms with Gasteiger partial charge in [0.05, 0.1) is 16.4 Å². The van der Waals surface area contributed by atoms with Crippen LogP contribution in [0.1, 0.15) is 30.7 Å². The lowest BCUT2D eigenvalue weighted by Gasteiger charge is -2.14. The first kappa shape index (κ1) is 13.1. The standard InChI is InChI=1S/C16H17N5O/c1-7-8(2)20-21-13(7)14-17-11-5-9-10(6-12(11)18-14)19-15(22)16(9,3)4/h5-6H,1-4H3,(H,17,18)(H,19,22)(H,20,21). The molecule has 112 valence electrons. The number of aromatic nitrogens is 4. The van der Waals surface area contributed by atoms with E-state index in [9.17, 15) is 4.79 Å². The summed E-state index contributed by atoms with van der Waals surface area (Å²) in [6.45, 7) is 7.86. The van der Waals surface area contributed by atoms with Crippen molar-refractivity contribution in [2.45, 2.75) is 33.1 Å². The van der Waals surface area contributed by atoms with Crippen LogP contribution in [0.25, 0.3) is 22.6 Å². The number of aryl methyl sites for hydroxylation is 1. The molecule has 0 radical (unpaired) electrons. The molecule has 0 saturated heterocycles. The van der Waals surface area contributed by atoms with Crippen LogP contribution in [-0.2, 0) is 10.2 Å². The van der Waals surface area contributed by atoms with E-state index in [4.69, 9.17) is 0 Å². The molecule has 0 saturated carbocycles. The van der Waals surface area contributed by atoms with Crippen molar-refractivity contribution in [1.29, 1.82) is 0 Å². The minimum Gasteiger partial charge on any atom is -0.337 e. The number of H-pyrrole nitrogens is 2. The smallest absolute Gasteiger partial charge is 0.234 e. The van der Waals surface area contributed by atoms with Crippen LogP contribution in [0.15, 0.2) is 12.1 Å². The number of nitrogens with one attached hydrogen (secondary N) is 3. The lowest BCUT2D eigenvalue weighted by Crippen LogP contribution is -2.26. The van der Waals surface area contributed by atoms with Gasteiger partial charge < -0.3 is 10.3 Å². The van der Waals surface area contributed by atoms with E-state index in [2.05, 4.69) is 25.5 Å². The lowest BCUT2D eigenvalue weighted by molar-refractivity contribution is -0.119. The Hall–Kier alpha value is -2.63. The largest absolute Gasteiger partial charge is 0.337 e. The summed E-state index contributed by atoms with van der Waals surface area (Å²) in [7, 11) is 0. The Labute approximate surface area is 127 Å². The van der Waals surface area contributed by atoms with Crippen molar-refractivity contribution in [3.05, 3.63) is 29.0 Å². The Bertz CT molecular complexity index is 932. The number of benzene rings is 1. The van der Waals surface area contributed by atoms with E-state index < -0.39 is 5.41 Å². The zero-order valence-corrected chi connectivity index (χ0v) is 13.0. The number of carbonyl (C=O) groups excluding carboxylic acids is 1. The fraction of sp³-hybridized carbons (Fsp3) is 0.312. The van der Waals surface area contributed by atoms with Crippen molar-refractivity contribution < 1.29 is 4.79 Å². The van der Waals surface area contributed by atoms with Gasteiger partial charge in [0.15, 0.2) is 5.82 Å². The third-order valence-electron chi connectivity index (χ3n) is 4.59. The minimum absolute atomic E-state index is 0.0224. The zero-order valence-electron chi connectivity index (χ0n) is 13.0. The van der Waals surface area contributed by atoms with Crippen LogP contribution in [0, 0.1) is 13.8 Å². The van der Waals surface area contributed by atoms with Crippen molar-refractivity contribution in [3.63, 3.8) is 0 Å². The number of anilines is 1. The van der Waals surface area contributed by atoms with Gasteiger partial charge in [0.25, 0.3) is 0 Å². The fourth-order valence-electron chi connectivity index (χ4n) is 2.91. The van der Waals surface area contributed by atoms with E-state index in [0.717, 1.165) is 45.1 Å². The predicted octanol–water partition coefficient (Wildman–Crippen LogP) is 2.80. The van der Waals surface area contributed by atoms with Crippen molar-refractivity contribution in [1.82, 2.24) is 20.2 Å². The molecule has 1 aromatic carbocycles. The highest BCUT2D eigenvalue weighted by Gasteiger charge is 2.38. The van der Waals surface area contributed by atoms with Crippen LogP contribution >= 0.6 is 0 Å². The molecule has 1 amide bonds. The molecule has 3 N–H and O–H groups in total. The fourth-order valence-corrected chi connectivity index (χ4v) is 2.91. The van der Waals surface area contributed by atoms with E-state index in [1.165, 1.54) is 0 Å². The van der Waals surface area contributed by atoms with Crippen LogP contribution in [-0.4, -0.2) is 26.1 Å². The average Bonchev–Trinajstić information content (AvgIpc) is 3.07. The maximum absolute atomic E-state index is 12.0. The second kappa shape index (κ2) is 3.97. The number of imidazole rings is 1. The maximum atomic E-state index is 12.0. The molecule has 6 heteroatoms. The van der Waals surface area contributed by atoms with E-state index in [1.54, 1.807) is 0 Å². The molecule has 0 spiro atoms. The lowest BCUT2D eigenvalue weighted by atomic mass is 9.86. The highest BCUT2D eigenvalue weighted by molar-refractivity contribution is 6.07. The van der Waals surface area contributed by atoms with E-state index >= 15 is 0 Å². The van der Waals surface area contributed by atoms with Crippen LogP contribution in [0.4, 0.5) is 5.69 Å². The first-order valence-electron chi connectivity index (χ1n) is 7.25. The van der Waals surface area contributed by atoms with E-state index in [0.29, 0.717) is 0 Å². The highest BCUT2D eigenvalue weighted by Crippen LogP contribution is 2.39. The van der Waals surface area contributed by atoms with Gasteiger partial charge in [0.2, 0.25) is 5.91 Å². The number of carbonyl (C=O) groups is 1. The predicted molar refractivity (Wildman–Crippen MR) is 84.8 cm³/mol. The summed E-state index contributed by atoms with van der Waals surface area (Å²) >= 11 is 0. The van der Waals surface area contributed by atoms with Gasteiger partial charge in [-0.05, 0) is 45.4 Å². The van der Waals surface area contributed by atoms with Gasteiger partial charge in [-0.3, -0.25) is 9.89 Å². The molecular weight excluding hydrogens is 278 g/mol. The Morgan fingerprint density at radius 2 is 1.95 bits per heavy atom. The zero-order chi connectivity index (χ0) is 15.6. The molecule has 0 unspecified atom stereocenters. The second-order valence-corrected chi connectivity index (χ2v) is 6.40. The number of hydrogen-bond donors (Lipinski definition) is 3. The summed E-state index contributed by atoms with van der Waals surface area (Å²) in [5, 5.41) is 10.2. The van der Waals surface area contributed by atoms with Gasteiger partial charge in [-0.1, -0.05) is 0 Å². The number of rotatable bonds is 1. The molecule has 2 aromatic heterocycles. The molecule has 6 nitrogen and oxygen atoms in total. The van der Waals surface area contributed by atoms with Crippen LogP contribution < -0.4 is 5.32 Å². The van der Waals surface area contributed by atoms with Crippen molar-refractivity contribution >= 4 is 22.6 Å². The van der Waals surface area contributed by atoms with E-state index in [1.807, 2.05) is 39.8 Å². The summed E-state index contributed by atoms with van der Waals surface area (Å²) in [6, 6.07) is 3.93. The van der Waals surface area contributed by atoms with Gasteiger partial charge in [0, 0.05) is 16.9 Å². The van der Waals surface area contributed by atoms with Crippen LogP contribution in [0.3, 0.4) is 0 Å². The minimum atomic E-state index is -0.520. The molecule has 4 rings (SSSR count). The summed E-state index contributed by atoms with van der Waals surface area (Å²) in [4.78, 5) is 20.0. The second-order valence-electron chi connectivity index (χ2n) is 6.40. The summed E-state index contributed by atoms with van der Waals surface area (Å²) < 4.78 is 0. The molecule has 0 fully saturated rings. The monoisotopic (exact) mass is 295 g/mol. The van der Waals surface area contributed by atoms with Crippen molar-refractivity contribution in [3.8, 4) is 11.5 Å². The summed E-state index contributed by atoms with van der Waals surface area (Å²) in [5.41, 5.74) is 6.01. The molecular formula is C16H17N5O. The number of aromatic amines is 2. The third-order valence-corrected chi connectivity index (χ3v) is 4.59. The molecule has 0 bridgehead atoms. The molecule has 0 atom stereocenters. The van der Waals surface area contributed by atoms with Crippen molar-refractivity contribution in [2.75, 3.05) is 5.32 Å². The highest BCUT2D eigenvalue weighted by atomic mass is 16.2. The number of nitrogens with zero attached hydrogens (tertiary/aromatic N) is 2. The Morgan fingerprint density at radius 3 is 2.64 bits per heavy atom. The molecule has 1 aliphatic heterocycles. The Kier molecular flexibility index (Phi) is 2.36.